The molecular formula is C19H19ClN2O4. The van der Waals surface area contributed by atoms with Gasteiger partial charge >= 0.3 is 5.97 Å². The Morgan fingerprint density at radius 3 is 2.00 bits per heavy atom. The Morgan fingerprint density at radius 2 is 1.50 bits per heavy atom. The second-order valence-electron chi connectivity index (χ2n) is 5.73. The maximum Gasteiger partial charge on any atom is 0.338 e. The predicted molar refractivity (Wildman–Crippen MR) is 100 cm³/mol. The lowest BCUT2D eigenvalue weighted by molar-refractivity contribution is -0.115. The number of hydrogen-bond acceptors (Lipinski definition) is 4. The molecule has 1 atom stereocenters. The molecule has 0 radical (unpaired) electrons. The van der Waals surface area contributed by atoms with Crippen LogP contribution in [0.3, 0.4) is 0 Å². The average Bonchev–Trinajstić information content (AvgIpc) is 2.53. The zero-order valence-electron chi connectivity index (χ0n) is 14.6. The molecule has 0 saturated carbocycles. The molecule has 0 spiro atoms. The van der Waals surface area contributed by atoms with Crippen molar-refractivity contribution in [3.8, 4) is 0 Å². The molecule has 0 aliphatic carbocycles. The molecule has 136 valence electrons. The second-order valence-corrected chi connectivity index (χ2v) is 6.14. The Hall–Kier alpha value is -2.86. The van der Waals surface area contributed by atoms with Gasteiger partial charge in [-0.05, 0) is 31.2 Å². The standard InChI is InChI=1S/C19H19ClN2O4/c1-11(17-6-4-5-7-18(17)20)26-19(25)14-8-15(21-12(2)23)10-16(9-14)22-13(3)24/h4-11H,1-3H3,(H,21,23)(H,22,24)/t11-/m0/s1. The molecule has 26 heavy (non-hydrogen) atoms. The van der Waals surface area contributed by atoms with Crippen LogP contribution in [0.1, 0.15) is 42.8 Å². The maximum absolute atomic E-state index is 12.5. The average molecular weight is 375 g/mol. The minimum atomic E-state index is -0.601. The van der Waals surface area contributed by atoms with Crippen LogP contribution < -0.4 is 10.6 Å². The van der Waals surface area contributed by atoms with Crippen LogP contribution in [0.15, 0.2) is 42.5 Å². The highest BCUT2D eigenvalue weighted by atomic mass is 35.5. The monoisotopic (exact) mass is 374 g/mol. The highest BCUT2D eigenvalue weighted by Gasteiger charge is 2.17. The van der Waals surface area contributed by atoms with Crippen LogP contribution >= 0.6 is 11.6 Å². The van der Waals surface area contributed by atoms with E-state index < -0.39 is 12.1 Å². The van der Waals surface area contributed by atoms with E-state index in [1.165, 1.54) is 26.0 Å². The Balaban J connectivity index is 2.27. The summed E-state index contributed by atoms with van der Waals surface area (Å²) in [4.78, 5) is 35.1. The van der Waals surface area contributed by atoms with Gasteiger partial charge in [-0.1, -0.05) is 29.8 Å². The van der Waals surface area contributed by atoms with Crippen LogP contribution in [0.25, 0.3) is 0 Å². The van der Waals surface area contributed by atoms with Gasteiger partial charge in [0.2, 0.25) is 11.8 Å². The Kier molecular flexibility index (Phi) is 6.36. The molecule has 2 aromatic rings. The second kappa shape index (κ2) is 8.49. The maximum atomic E-state index is 12.5. The van der Waals surface area contributed by atoms with E-state index in [1.54, 1.807) is 37.3 Å². The predicted octanol–water partition coefficient (Wildman–Crippen LogP) is 4.17. The molecule has 0 unspecified atom stereocenters. The van der Waals surface area contributed by atoms with Gasteiger partial charge in [0, 0.05) is 35.8 Å². The van der Waals surface area contributed by atoms with E-state index in [0.717, 1.165) is 0 Å². The molecule has 2 N–H and O–H groups in total. The van der Waals surface area contributed by atoms with Crippen molar-refractivity contribution in [2.24, 2.45) is 0 Å². The van der Waals surface area contributed by atoms with E-state index in [9.17, 15) is 14.4 Å². The summed E-state index contributed by atoms with van der Waals surface area (Å²) in [6.07, 6.45) is -0.565. The van der Waals surface area contributed by atoms with E-state index in [-0.39, 0.29) is 17.4 Å². The number of amides is 2. The van der Waals surface area contributed by atoms with Gasteiger partial charge in [0.25, 0.3) is 0 Å². The summed E-state index contributed by atoms with van der Waals surface area (Å²) in [5.74, 6) is -1.20. The zero-order valence-corrected chi connectivity index (χ0v) is 15.4. The fraction of sp³-hybridized carbons (Fsp3) is 0.211. The molecule has 0 saturated heterocycles. The van der Waals surface area contributed by atoms with Crippen molar-refractivity contribution in [1.29, 1.82) is 0 Å². The highest BCUT2D eigenvalue weighted by molar-refractivity contribution is 6.31. The zero-order chi connectivity index (χ0) is 19.3. The molecule has 0 aliphatic heterocycles. The first-order valence-electron chi connectivity index (χ1n) is 7.92. The van der Waals surface area contributed by atoms with Gasteiger partial charge < -0.3 is 15.4 Å². The first-order chi connectivity index (χ1) is 12.3. The normalized spacial score (nSPS) is 11.4. The lowest BCUT2D eigenvalue weighted by Crippen LogP contribution is -2.13. The number of ether oxygens (including phenoxy) is 1. The van der Waals surface area contributed by atoms with Crippen molar-refractivity contribution in [2.45, 2.75) is 26.9 Å². The van der Waals surface area contributed by atoms with Gasteiger partial charge in [0.05, 0.1) is 5.56 Å². The number of carbonyl (C=O) groups excluding carboxylic acids is 3. The van der Waals surface area contributed by atoms with E-state index in [0.29, 0.717) is 22.0 Å². The molecule has 0 aromatic heterocycles. The molecule has 0 aliphatic rings. The van der Waals surface area contributed by atoms with Gasteiger partial charge in [-0.3, -0.25) is 9.59 Å². The van der Waals surface area contributed by atoms with Gasteiger partial charge in [-0.15, -0.1) is 0 Å². The minimum Gasteiger partial charge on any atom is -0.454 e. The van der Waals surface area contributed by atoms with Gasteiger partial charge in [0.15, 0.2) is 0 Å². The first kappa shape index (κ1) is 19.5. The van der Waals surface area contributed by atoms with Gasteiger partial charge in [0.1, 0.15) is 6.10 Å². The molecule has 2 aromatic carbocycles. The number of halogens is 1. The molecule has 2 rings (SSSR count). The van der Waals surface area contributed by atoms with E-state index >= 15 is 0 Å². The number of carbonyl (C=O) groups is 3. The summed E-state index contributed by atoms with van der Waals surface area (Å²) in [6.45, 7) is 4.41. The van der Waals surface area contributed by atoms with Crippen LogP contribution in [0.2, 0.25) is 5.02 Å². The van der Waals surface area contributed by atoms with Crippen LogP contribution in [0.5, 0.6) is 0 Å². The largest absolute Gasteiger partial charge is 0.454 e. The summed E-state index contributed by atoms with van der Waals surface area (Å²) < 4.78 is 5.47. The molecule has 0 heterocycles. The minimum absolute atomic E-state index is 0.193. The summed E-state index contributed by atoms with van der Waals surface area (Å²) in [6, 6.07) is 11.6. The quantitative estimate of drug-likeness (QED) is 0.769. The molecule has 2 amide bonds. The Bertz CT molecular complexity index is 817. The number of hydrogen-bond donors (Lipinski definition) is 2. The van der Waals surface area contributed by atoms with Crippen LogP contribution in [-0.2, 0) is 14.3 Å². The van der Waals surface area contributed by atoms with E-state index in [4.69, 9.17) is 16.3 Å². The summed E-state index contributed by atoms with van der Waals surface area (Å²) >= 11 is 6.13. The molecule has 7 heteroatoms. The van der Waals surface area contributed by atoms with E-state index in [1.807, 2.05) is 0 Å². The SMILES string of the molecule is CC(=O)Nc1cc(NC(C)=O)cc(C(=O)O[C@@H](C)c2ccccc2Cl)c1. The summed E-state index contributed by atoms with van der Waals surface area (Å²) in [7, 11) is 0. The highest BCUT2D eigenvalue weighted by Crippen LogP contribution is 2.27. The third-order valence-corrected chi connectivity index (χ3v) is 3.78. The van der Waals surface area contributed by atoms with Crippen molar-refractivity contribution in [2.75, 3.05) is 10.6 Å². The van der Waals surface area contributed by atoms with Crippen molar-refractivity contribution >= 4 is 40.8 Å². The van der Waals surface area contributed by atoms with Crippen molar-refractivity contribution < 1.29 is 19.1 Å². The van der Waals surface area contributed by atoms with Crippen LogP contribution in [-0.4, -0.2) is 17.8 Å². The summed E-state index contributed by atoms with van der Waals surface area (Å²) in [5.41, 5.74) is 1.63. The Morgan fingerprint density at radius 1 is 0.962 bits per heavy atom. The molecular weight excluding hydrogens is 356 g/mol. The fourth-order valence-electron chi connectivity index (χ4n) is 2.39. The Labute approximate surface area is 156 Å². The number of esters is 1. The number of rotatable bonds is 5. The number of nitrogens with one attached hydrogen (secondary N) is 2. The third-order valence-electron chi connectivity index (χ3n) is 3.44. The van der Waals surface area contributed by atoms with Crippen LogP contribution in [0.4, 0.5) is 11.4 Å². The molecule has 0 fully saturated rings. The lowest BCUT2D eigenvalue weighted by atomic mass is 10.1. The van der Waals surface area contributed by atoms with Crippen LogP contribution in [0, 0.1) is 0 Å². The molecule has 0 bridgehead atoms. The number of anilines is 2. The number of benzene rings is 2. The van der Waals surface area contributed by atoms with E-state index in [2.05, 4.69) is 10.6 Å². The van der Waals surface area contributed by atoms with Crippen molar-refractivity contribution in [3.63, 3.8) is 0 Å². The molecule has 6 nitrogen and oxygen atoms in total. The third kappa shape index (κ3) is 5.32. The van der Waals surface area contributed by atoms with Crippen molar-refractivity contribution in [1.82, 2.24) is 0 Å². The van der Waals surface area contributed by atoms with Gasteiger partial charge in [-0.2, -0.15) is 0 Å². The van der Waals surface area contributed by atoms with Gasteiger partial charge in [-0.25, -0.2) is 4.79 Å². The topological polar surface area (TPSA) is 84.5 Å². The smallest absolute Gasteiger partial charge is 0.338 e. The van der Waals surface area contributed by atoms with Crippen molar-refractivity contribution in [3.05, 3.63) is 58.6 Å². The lowest BCUT2D eigenvalue weighted by Gasteiger charge is -2.16. The summed E-state index contributed by atoms with van der Waals surface area (Å²) in [5, 5.41) is 5.68. The first-order valence-corrected chi connectivity index (χ1v) is 8.29. The fourth-order valence-corrected chi connectivity index (χ4v) is 2.68.